The van der Waals surface area contributed by atoms with Gasteiger partial charge < -0.3 is 0 Å². The number of hydrogen-bond acceptors (Lipinski definition) is 2. The Morgan fingerprint density at radius 2 is 1.76 bits per heavy atom. The second-order valence-corrected chi connectivity index (χ2v) is 8.37. The molecule has 1 aliphatic rings. The van der Waals surface area contributed by atoms with E-state index in [1.165, 1.54) is 22.9 Å². The van der Waals surface area contributed by atoms with Gasteiger partial charge in [0.1, 0.15) is 4.90 Å². The van der Waals surface area contributed by atoms with Crippen molar-refractivity contribution in [1.29, 1.82) is 0 Å². The SMILES string of the molecule is CN(C1CCCCC1)S(=O)(=O)c1cc(CCl)c(Cl)cc1Cl. The van der Waals surface area contributed by atoms with Gasteiger partial charge in [-0.1, -0.05) is 42.5 Å². The molecule has 0 radical (unpaired) electrons. The molecule has 1 aromatic rings. The molecular formula is C14H18Cl3NO2S. The summed E-state index contributed by atoms with van der Waals surface area (Å²) in [4.78, 5) is 0.0808. The molecule has 1 aromatic carbocycles. The van der Waals surface area contributed by atoms with Crippen LogP contribution in [-0.2, 0) is 15.9 Å². The van der Waals surface area contributed by atoms with Gasteiger partial charge in [0.15, 0.2) is 0 Å². The molecule has 1 fully saturated rings. The molecule has 0 saturated heterocycles. The Kier molecular flexibility index (Phi) is 5.83. The van der Waals surface area contributed by atoms with Gasteiger partial charge in [-0.15, -0.1) is 11.6 Å². The lowest BCUT2D eigenvalue weighted by Gasteiger charge is -2.30. The Hall–Kier alpha value is -0.000000000000000111. The normalized spacial score (nSPS) is 17.4. The summed E-state index contributed by atoms with van der Waals surface area (Å²) >= 11 is 17.9. The summed E-state index contributed by atoms with van der Waals surface area (Å²) in [6, 6.07) is 2.96. The summed E-state index contributed by atoms with van der Waals surface area (Å²) in [6.45, 7) is 0. The molecule has 0 spiro atoms. The molecule has 0 heterocycles. The van der Waals surface area contributed by atoms with Gasteiger partial charge in [-0.05, 0) is 30.5 Å². The number of alkyl halides is 1. The van der Waals surface area contributed by atoms with Crippen molar-refractivity contribution in [3.63, 3.8) is 0 Å². The minimum Gasteiger partial charge on any atom is -0.207 e. The van der Waals surface area contributed by atoms with Crippen LogP contribution in [0.1, 0.15) is 37.7 Å². The second-order valence-electron chi connectivity index (χ2n) is 5.32. The highest BCUT2D eigenvalue weighted by Crippen LogP contribution is 2.33. The Labute approximate surface area is 141 Å². The van der Waals surface area contributed by atoms with E-state index >= 15 is 0 Å². The lowest BCUT2D eigenvalue weighted by atomic mass is 9.96. The first-order valence-electron chi connectivity index (χ1n) is 6.90. The molecule has 0 bridgehead atoms. The summed E-state index contributed by atoms with van der Waals surface area (Å²) in [6.07, 6.45) is 5.08. The molecule has 0 atom stereocenters. The van der Waals surface area contributed by atoms with E-state index in [-0.39, 0.29) is 21.8 Å². The number of benzene rings is 1. The third-order valence-corrected chi connectivity index (χ3v) is 7.01. The number of hydrogen-bond donors (Lipinski definition) is 0. The molecule has 3 nitrogen and oxygen atoms in total. The second kappa shape index (κ2) is 7.05. The van der Waals surface area contributed by atoms with Gasteiger partial charge in [-0.3, -0.25) is 0 Å². The summed E-state index contributed by atoms with van der Waals surface area (Å²) in [5.74, 6) is 0.145. The van der Waals surface area contributed by atoms with Gasteiger partial charge in [0.25, 0.3) is 0 Å². The van der Waals surface area contributed by atoms with E-state index in [2.05, 4.69) is 0 Å². The number of nitrogens with zero attached hydrogens (tertiary/aromatic N) is 1. The van der Waals surface area contributed by atoms with Crippen LogP contribution in [0.4, 0.5) is 0 Å². The number of halogens is 3. The Morgan fingerprint density at radius 1 is 1.14 bits per heavy atom. The summed E-state index contributed by atoms with van der Waals surface area (Å²) < 4.78 is 27.0. The lowest BCUT2D eigenvalue weighted by Crippen LogP contribution is -2.38. The fourth-order valence-electron chi connectivity index (χ4n) is 2.67. The fourth-order valence-corrected chi connectivity index (χ4v) is 5.21. The van der Waals surface area contributed by atoms with Crippen molar-refractivity contribution in [1.82, 2.24) is 4.31 Å². The van der Waals surface area contributed by atoms with Gasteiger partial charge in [0.2, 0.25) is 10.0 Å². The van der Waals surface area contributed by atoms with Crippen LogP contribution in [0.15, 0.2) is 17.0 Å². The zero-order chi connectivity index (χ0) is 15.6. The first-order chi connectivity index (χ1) is 9.87. The Morgan fingerprint density at radius 3 is 2.33 bits per heavy atom. The molecular weight excluding hydrogens is 353 g/mol. The molecule has 1 saturated carbocycles. The summed E-state index contributed by atoms with van der Waals surface area (Å²) in [7, 11) is -2.01. The molecule has 0 N–H and O–H groups in total. The quantitative estimate of drug-likeness (QED) is 0.721. The predicted octanol–water partition coefficient (Wildman–Crippen LogP) is 4.69. The third-order valence-electron chi connectivity index (χ3n) is 3.99. The van der Waals surface area contributed by atoms with Crippen molar-refractivity contribution in [2.45, 2.75) is 48.9 Å². The zero-order valence-electron chi connectivity index (χ0n) is 11.8. The maximum Gasteiger partial charge on any atom is 0.244 e. The number of rotatable bonds is 4. The summed E-state index contributed by atoms with van der Waals surface area (Å²) in [5.41, 5.74) is 0.568. The highest BCUT2D eigenvalue weighted by Gasteiger charge is 2.31. The molecule has 0 amide bonds. The van der Waals surface area contributed by atoms with Crippen LogP contribution in [0.2, 0.25) is 10.0 Å². The van der Waals surface area contributed by atoms with Crippen molar-refractivity contribution in [2.24, 2.45) is 0 Å². The van der Waals surface area contributed by atoms with Crippen molar-refractivity contribution >= 4 is 44.8 Å². The van der Waals surface area contributed by atoms with E-state index in [1.807, 2.05) is 0 Å². The molecule has 118 valence electrons. The van der Waals surface area contributed by atoms with E-state index < -0.39 is 10.0 Å². The van der Waals surface area contributed by atoms with Gasteiger partial charge in [0, 0.05) is 24.0 Å². The van der Waals surface area contributed by atoms with E-state index in [0.29, 0.717) is 10.6 Å². The fraction of sp³-hybridized carbons (Fsp3) is 0.571. The van der Waals surface area contributed by atoms with Gasteiger partial charge >= 0.3 is 0 Å². The predicted molar refractivity (Wildman–Crippen MR) is 87.8 cm³/mol. The smallest absolute Gasteiger partial charge is 0.207 e. The van der Waals surface area contributed by atoms with Gasteiger partial charge in [-0.2, -0.15) is 4.31 Å². The lowest BCUT2D eigenvalue weighted by molar-refractivity contribution is 0.286. The van der Waals surface area contributed by atoms with Gasteiger partial charge in [-0.25, -0.2) is 8.42 Å². The standard InChI is InChI=1S/C14H18Cl3NO2S/c1-18(11-5-3-2-4-6-11)21(19,20)14-7-10(9-15)12(16)8-13(14)17/h7-8,11H,2-6,9H2,1H3. The molecule has 7 heteroatoms. The average Bonchev–Trinajstić information content (AvgIpc) is 2.47. The molecule has 0 aliphatic heterocycles. The van der Waals surface area contributed by atoms with Crippen molar-refractivity contribution in [2.75, 3.05) is 7.05 Å². The molecule has 21 heavy (non-hydrogen) atoms. The van der Waals surface area contributed by atoms with E-state index in [1.54, 1.807) is 7.05 Å². The van der Waals surface area contributed by atoms with E-state index in [9.17, 15) is 8.42 Å². The van der Waals surface area contributed by atoms with Crippen LogP contribution in [0.3, 0.4) is 0 Å². The van der Waals surface area contributed by atoms with E-state index in [4.69, 9.17) is 34.8 Å². The topological polar surface area (TPSA) is 37.4 Å². The van der Waals surface area contributed by atoms with Crippen LogP contribution in [0.5, 0.6) is 0 Å². The largest absolute Gasteiger partial charge is 0.244 e. The van der Waals surface area contributed by atoms with Crippen LogP contribution in [-0.4, -0.2) is 25.8 Å². The molecule has 0 unspecified atom stereocenters. The average molecular weight is 371 g/mol. The highest BCUT2D eigenvalue weighted by atomic mass is 35.5. The molecule has 1 aliphatic carbocycles. The van der Waals surface area contributed by atoms with Crippen LogP contribution in [0.25, 0.3) is 0 Å². The van der Waals surface area contributed by atoms with Crippen LogP contribution >= 0.6 is 34.8 Å². The van der Waals surface area contributed by atoms with E-state index in [0.717, 1.165) is 25.7 Å². The molecule has 2 rings (SSSR count). The Bertz CT molecular complexity index is 613. The van der Waals surface area contributed by atoms with Crippen molar-refractivity contribution in [3.8, 4) is 0 Å². The zero-order valence-corrected chi connectivity index (χ0v) is 14.9. The monoisotopic (exact) mass is 369 g/mol. The highest BCUT2D eigenvalue weighted by molar-refractivity contribution is 7.89. The van der Waals surface area contributed by atoms with Crippen molar-refractivity contribution in [3.05, 3.63) is 27.7 Å². The minimum atomic E-state index is -3.63. The third kappa shape index (κ3) is 3.67. The van der Waals surface area contributed by atoms with Crippen molar-refractivity contribution < 1.29 is 8.42 Å². The first-order valence-corrected chi connectivity index (χ1v) is 9.63. The Balaban J connectivity index is 2.38. The van der Waals surface area contributed by atoms with Gasteiger partial charge in [0.05, 0.1) is 5.02 Å². The number of sulfonamides is 1. The first kappa shape index (κ1) is 17.4. The van der Waals surface area contributed by atoms with Crippen LogP contribution in [0, 0.1) is 0 Å². The summed E-state index contributed by atoms with van der Waals surface area (Å²) in [5, 5.41) is 0.519. The van der Waals surface area contributed by atoms with Crippen LogP contribution < -0.4 is 0 Å². The maximum absolute atomic E-state index is 12.8. The molecule has 0 aromatic heterocycles. The maximum atomic E-state index is 12.8. The minimum absolute atomic E-state index is 0.0370.